The maximum Gasteiger partial charge on any atom is 0.221 e. The molecule has 94 valence electrons. The molecule has 4 nitrogen and oxygen atoms in total. The Balaban J connectivity index is 2.22. The molecule has 0 radical (unpaired) electrons. The van der Waals surface area contributed by atoms with Crippen molar-refractivity contribution in [3.8, 4) is 0 Å². The number of hydrogen-bond donors (Lipinski definition) is 2. The highest BCUT2D eigenvalue weighted by atomic mass is 16.5. The predicted octanol–water partition coefficient (Wildman–Crippen LogP) is 1.06. The van der Waals surface area contributed by atoms with E-state index in [0.717, 1.165) is 26.0 Å². The summed E-state index contributed by atoms with van der Waals surface area (Å²) in [7, 11) is 0. The zero-order valence-corrected chi connectivity index (χ0v) is 10.6. The third-order valence-electron chi connectivity index (χ3n) is 2.78. The number of ether oxygens (including phenoxy) is 1. The second kappa shape index (κ2) is 6.21. The molecule has 0 saturated carbocycles. The Labute approximate surface area is 98.1 Å². The Morgan fingerprint density at radius 3 is 2.81 bits per heavy atom. The van der Waals surface area contributed by atoms with Crippen LogP contribution in [0.1, 0.15) is 40.0 Å². The van der Waals surface area contributed by atoms with Crippen LogP contribution in [0, 0.1) is 0 Å². The van der Waals surface area contributed by atoms with Crippen LogP contribution in [0.2, 0.25) is 0 Å². The van der Waals surface area contributed by atoms with Gasteiger partial charge in [-0.1, -0.05) is 13.8 Å². The van der Waals surface area contributed by atoms with E-state index in [1.165, 1.54) is 0 Å². The summed E-state index contributed by atoms with van der Waals surface area (Å²) in [5.41, 5.74) is -0.160. The van der Waals surface area contributed by atoms with Crippen LogP contribution in [0.5, 0.6) is 0 Å². The minimum atomic E-state index is -0.160. The van der Waals surface area contributed by atoms with E-state index in [1.807, 2.05) is 0 Å². The first kappa shape index (κ1) is 13.5. The molecule has 4 heteroatoms. The van der Waals surface area contributed by atoms with Gasteiger partial charge in [-0.15, -0.1) is 0 Å². The molecule has 1 amide bonds. The average Bonchev–Trinajstić information content (AvgIpc) is 2.17. The van der Waals surface area contributed by atoms with Crippen LogP contribution in [-0.4, -0.2) is 37.2 Å². The van der Waals surface area contributed by atoms with Gasteiger partial charge in [0.2, 0.25) is 5.91 Å². The van der Waals surface area contributed by atoms with Crippen molar-refractivity contribution in [1.82, 2.24) is 10.6 Å². The van der Waals surface area contributed by atoms with Gasteiger partial charge in [0.1, 0.15) is 0 Å². The topological polar surface area (TPSA) is 50.4 Å². The van der Waals surface area contributed by atoms with Gasteiger partial charge >= 0.3 is 0 Å². The summed E-state index contributed by atoms with van der Waals surface area (Å²) in [6.45, 7) is 8.40. The molecule has 0 aliphatic carbocycles. The van der Waals surface area contributed by atoms with E-state index in [-0.39, 0.29) is 11.4 Å². The second-order valence-electron chi connectivity index (χ2n) is 5.12. The highest BCUT2D eigenvalue weighted by Crippen LogP contribution is 2.18. The normalized spacial score (nSPS) is 25.8. The van der Waals surface area contributed by atoms with Crippen LogP contribution in [0.3, 0.4) is 0 Å². The molecule has 0 spiro atoms. The van der Waals surface area contributed by atoms with Crippen molar-refractivity contribution in [3.63, 3.8) is 0 Å². The number of amides is 1. The fraction of sp³-hybridized carbons (Fsp3) is 0.917. The summed E-state index contributed by atoms with van der Waals surface area (Å²) >= 11 is 0. The van der Waals surface area contributed by atoms with Gasteiger partial charge in [-0.05, 0) is 19.8 Å². The molecule has 1 atom stereocenters. The fourth-order valence-corrected chi connectivity index (χ4v) is 1.91. The highest BCUT2D eigenvalue weighted by Gasteiger charge is 2.28. The van der Waals surface area contributed by atoms with Crippen molar-refractivity contribution in [2.24, 2.45) is 0 Å². The minimum Gasteiger partial charge on any atom is -0.379 e. The van der Waals surface area contributed by atoms with Crippen LogP contribution in [0.15, 0.2) is 0 Å². The molecule has 1 rings (SSSR count). The van der Waals surface area contributed by atoms with Crippen LogP contribution >= 0.6 is 0 Å². The average molecular weight is 228 g/mol. The summed E-state index contributed by atoms with van der Waals surface area (Å²) in [6.07, 6.45) is 2.57. The van der Waals surface area contributed by atoms with Gasteiger partial charge in [0, 0.05) is 25.6 Å². The summed E-state index contributed by atoms with van der Waals surface area (Å²) in [5, 5.41) is 6.30. The van der Waals surface area contributed by atoms with Crippen molar-refractivity contribution in [1.29, 1.82) is 0 Å². The lowest BCUT2D eigenvalue weighted by molar-refractivity contribution is -0.124. The zero-order valence-electron chi connectivity index (χ0n) is 10.6. The van der Waals surface area contributed by atoms with Gasteiger partial charge in [-0.3, -0.25) is 4.79 Å². The molecule has 1 aliphatic heterocycles. The molecule has 1 heterocycles. The number of carbonyl (C=O) groups is 1. The van der Waals surface area contributed by atoms with Gasteiger partial charge in [0.15, 0.2) is 0 Å². The summed E-state index contributed by atoms with van der Waals surface area (Å²) in [6, 6.07) is 0.432. The maximum absolute atomic E-state index is 11.7. The molecule has 0 bridgehead atoms. The number of nitrogens with one attached hydrogen (secondary N) is 2. The molecule has 16 heavy (non-hydrogen) atoms. The van der Waals surface area contributed by atoms with Crippen molar-refractivity contribution >= 4 is 5.91 Å². The van der Waals surface area contributed by atoms with Crippen molar-refractivity contribution in [3.05, 3.63) is 0 Å². The molecular formula is C12H24N2O2. The summed E-state index contributed by atoms with van der Waals surface area (Å²) in [5.74, 6) is 0.112. The van der Waals surface area contributed by atoms with Gasteiger partial charge in [-0.2, -0.15) is 0 Å². The van der Waals surface area contributed by atoms with E-state index in [9.17, 15) is 4.79 Å². The van der Waals surface area contributed by atoms with Crippen molar-refractivity contribution in [2.75, 3.05) is 19.8 Å². The largest absolute Gasteiger partial charge is 0.379 e. The van der Waals surface area contributed by atoms with Crippen LogP contribution < -0.4 is 10.6 Å². The Bertz CT molecular complexity index is 223. The van der Waals surface area contributed by atoms with E-state index in [4.69, 9.17) is 4.74 Å². The number of hydrogen-bond acceptors (Lipinski definition) is 3. The Kier molecular flexibility index (Phi) is 5.22. The van der Waals surface area contributed by atoms with Crippen LogP contribution in [0.25, 0.3) is 0 Å². The van der Waals surface area contributed by atoms with Gasteiger partial charge in [0.05, 0.1) is 12.1 Å². The lowest BCUT2D eigenvalue weighted by Crippen LogP contribution is -2.52. The predicted molar refractivity (Wildman–Crippen MR) is 64.4 cm³/mol. The quantitative estimate of drug-likeness (QED) is 0.740. The Hall–Kier alpha value is -0.610. The lowest BCUT2D eigenvalue weighted by atomic mass is 9.95. The molecule has 0 aromatic heterocycles. The second-order valence-corrected chi connectivity index (χ2v) is 5.12. The minimum absolute atomic E-state index is 0.112. The Morgan fingerprint density at radius 1 is 1.50 bits per heavy atom. The zero-order chi connectivity index (χ0) is 12.0. The van der Waals surface area contributed by atoms with E-state index in [1.54, 1.807) is 0 Å². The molecule has 1 unspecified atom stereocenters. The molecular weight excluding hydrogens is 204 g/mol. The van der Waals surface area contributed by atoms with E-state index >= 15 is 0 Å². The Morgan fingerprint density at radius 2 is 2.25 bits per heavy atom. The van der Waals surface area contributed by atoms with Crippen LogP contribution in [0.4, 0.5) is 0 Å². The summed E-state index contributed by atoms with van der Waals surface area (Å²) < 4.78 is 5.40. The third kappa shape index (κ3) is 4.94. The van der Waals surface area contributed by atoms with Gasteiger partial charge in [0.25, 0.3) is 0 Å². The molecule has 0 aromatic rings. The molecule has 1 saturated heterocycles. The molecule has 1 fully saturated rings. The van der Waals surface area contributed by atoms with E-state index < -0.39 is 0 Å². The van der Waals surface area contributed by atoms with Gasteiger partial charge in [-0.25, -0.2) is 0 Å². The first-order valence-electron chi connectivity index (χ1n) is 6.14. The fourth-order valence-electron chi connectivity index (χ4n) is 1.91. The monoisotopic (exact) mass is 228 g/mol. The van der Waals surface area contributed by atoms with Gasteiger partial charge < -0.3 is 15.4 Å². The number of rotatable bonds is 5. The smallest absolute Gasteiger partial charge is 0.221 e. The van der Waals surface area contributed by atoms with E-state index in [2.05, 4.69) is 31.4 Å². The molecule has 1 aliphatic rings. The van der Waals surface area contributed by atoms with E-state index in [0.29, 0.717) is 19.1 Å². The summed E-state index contributed by atoms with van der Waals surface area (Å²) in [4.78, 5) is 11.7. The third-order valence-corrected chi connectivity index (χ3v) is 2.78. The first-order valence-corrected chi connectivity index (χ1v) is 6.14. The maximum atomic E-state index is 11.7. The first-order chi connectivity index (χ1) is 7.52. The van der Waals surface area contributed by atoms with Crippen molar-refractivity contribution < 1.29 is 9.53 Å². The standard InChI is InChI=1S/C12H24N2O2/c1-10(2)13-7-5-11(15)14-12(3)6-4-8-16-9-12/h10,13H,4-9H2,1-3H3,(H,14,15). The molecule has 0 aromatic carbocycles. The lowest BCUT2D eigenvalue weighted by Gasteiger charge is -2.34. The SMILES string of the molecule is CC(C)NCCC(=O)NC1(C)CCCOC1. The number of carbonyl (C=O) groups excluding carboxylic acids is 1. The highest BCUT2D eigenvalue weighted by molar-refractivity contribution is 5.77. The molecule has 2 N–H and O–H groups in total. The van der Waals surface area contributed by atoms with Crippen LogP contribution in [-0.2, 0) is 9.53 Å². The van der Waals surface area contributed by atoms with Crippen molar-refractivity contribution in [2.45, 2.75) is 51.6 Å².